The summed E-state index contributed by atoms with van der Waals surface area (Å²) in [4.78, 5) is 16.0. The highest BCUT2D eigenvalue weighted by Crippen LogP contribution is 2.49. The number of hydrogen-bond donors (Lipinski definition) is 3. The molecule has 3 atom stereocenters. The van der Waals surface area contributed by atoms with Gasteiger partial charge in [-0.25, -0.2) is 13.8 Å². The van der Waals surface area contributed by atoms with E-state index in [0.717, 1.165) is 48.6 Å². The van der Waals surface area contributed by atoms with E-state index in [1.807, 2.05) is 18.2 Å². The first-order valence-electron chi connectivity index (χ1n) is 12.2. The van der Waals surface area contributed by atoms with Crippen LogP contribution in [0.25, 0.3) is 11.5 Å². The van der Waals surface area contributed by atoms with Gasteiger partial charge in [0.25, 0.3) is 0 Å². The summed E-state index contributed by atoms with van der Waals surface area (Å²) in [5, 5.41) is 17.2. The summed E-state index contributed by atoms with van der Waals surface area (Å²) in [6.07, 6.45) is 5.97. The molecule has 2 aromatic carbocycles. The zero-order valence-corrected chi connectivity index (χ0v) is 20.0. The van der Waals surface area contributed by atoms with Crippen molar-refractivity contribution in [1.82, 2.24) is 15.6 Å². The summed E-state index contributed by atoms with van der Waals surface area (Å²) in [6, 6.07) is 8.19. The highest BCUT2D eigenvalue weighted by Gasteiger charge is 2.45. The lowest BCUT2D eigenvalue weighted by Crippen LogP contribution is -2.52. The maximum atomic E-state index is 13.7. The van der Waals surface area contributed by atoms with Crippen molar-refractivity contribution in [1.29, 1.82) is 0 Å². The third kappa shape index (κ3) is 5.27. The predicted molar refractivity (Wildman–Crippen MR) is 128 cm³/mol. The molecule has 0 saturated heterocycles. The molecular formula is C27H29F2N3O4. The number of fused-ring (bicyclic) bond motifs is 1. The summed E-state index contributed by atoms with van der Waals surface area (Å²) in [5.74, 6) is -0.446. The van der Waals surface area contributed by atoms with Gasteiger partial charge in [-0.05, 0) is 61.6 Å². The lowest BCUT2D eigenvalue weighted by atomic mass is 9.72. The van der Waals surface area contributed by atoms with E-state index in [-0.39, 0.29) is 30.5 Å². The Balaban J connectivity index is 1.34. The number of aromatic nitrogens is 1. The molecule has 190 valence electrons. The van der Waals surface area contributed by atoms with Gasteiger partial charge >= 0.3 is 0 Å². The Bertz CT molecular complexity index is 1210. The van der Waals surface area contributed by atoms with Crippen molar-refractivity contribution in [2.45, 2.75) is 62.8 Å². The molecule has 1 aliphatic carbocycles. The molecule has 2 heterocycles. The standard InChI is InChI=1S/C27H29F2N3O4/c1-16(33)32-22(11-17-9-19(28)13-20(29)10-17)24(34)15-31-23-14-27(5-2-6-27)36-25-4-3-18(12-21(23)25)26-30-7-8-35-26/h3-4,7-10,12-13,22-24,31,34H,2,5-6,11,14-15H2,1H3,(H,32,33)/t22-,23-,24+/m0/s1. The molecule has 9 heteroatoms. The fourth-order valence-electron chi connectivity index (χ4n) is 5.16. The van der Waals surface area contributed by atoms with E-state index in [1.54, 1.807) is 6.20 Å². The van der Waals surface area contributed by atoms with Crippen molar-refractivity contribution in [3.63, 3.8) is 0 Å². The van der Waals surface area contributed by atoms with Gasteiger partial charge in [-0.3, -0.25) is 4.79 Å². The second-order valence-electron chi connectivity index (χ2n) is 9.75. The molecule has 2 aliphatic rings. The van der Waals surface area contributed by atoms with Crippen molar-refractivity contribution in [3.8, 4) is 17.2 Å². The normalized spacial score (nSPS) is 19.6. The number of oxazole rings is 1. The van der Waals surface area contributed by atoms with E-state index in [9.17, 15) is 18.7 Å². The molecule has 1 aromatic heterocycles. The molecule has 1 aliphatic heterocycles. The Morgan fingerprint density at radius 1 is 1.22 bits per heavy atom. The van der Waals surface area contributed by atoms with E-state index in [4.69, 9.17) is 9.15 Å². The molecule has 1 fully saturated rings. The van der Waals surface area contributed by atoms with E-state index in [2.05, 4.69) is 15.6 Å². The van der Waals surface area contributed by atoms with Crippen LogP contribution in [0.2, 0.25) is 0 Å². The number of aliphatic hydroxyl groups is 1. The minimum atomic E-state index is -1.00. The van der Waals surface area contributed by atoms with Crippen LogP contribution in [0.3, 0.4) is 0 Å². The summed E-state index contributed by atoms with van der Waals surface area (Å²) < 4.78 is 39.2. The molecule has 1 spiro atoms. The number of carbonyl (C=O) groups is 1. The van der Waals surface area contributed by atoms with Crippen molar-refractivity contribution < 1.29 is 27.8 Å². The molecule has 0 radical (unpaired) electrons. The number of halogens is 2. The number of benzene rings is 2. The second kappa shape index (κ2) is 9.99. The summed E-state index contributed by atoms with van der Waals surface area (Å²) >= 11 is 0. The number of hydrogen-bond acceptors (Lipinski definition) is 6. The highest BCUT2D eigenvalue weighted by atomic mass is 19.1. The van der Waals surface area contributed by atoms with Crippen molar-refractivity contribution in [3.05, 3.63) is 71.6 Å². The maximum Gasteiger partial charge on any atom is 0.225 e. The lowest BCUT2D eigenvalue weighted by molar-refractivity contribution is -0.120. The van der Waals surface area contributed by atoms with Gasteiger partial charge in [0, 0.05) is 43.1 Å². The van der Waals surface area contributed by atoms with Crippen LogP contribution in [-0.4, -0.2) is 40.3 Å². The fraction of sp³-hybridized carbons (Fsp3) is 0.407. The number of nitrogens with zero attached hydrogens (tertiary/aromatic N) is 1. The quantitative estimate of drug-likeness (QED) is 0.434. The summed E-state index contributed by atoms with van der Waals surface area (Å²) in [5.41, 5.74) is 1.89. The van der Waals surface area contributed by atoms with Crippen LogP contribution in [0.5, 0.6) is 5.75 Å². The van der Waals surface area contributed by atoms with Crippen LogP contribution in [0.4, 0.5) is 8.78 Å². The molecule has 3 aromatic rings. The van der Waals surface area contributed by atoms with Gasteiger partial charge in [0.15, 0.2) is 0 Å². The maximum absolute atomic E-state index is 13.7. The van der Waals surface area contributed by atoms with Crippen molar-refractivity contribution in [2.75, 3.05) is 6.54 Å². The smallest absolute Gasteiger partial charge is 0.225 e. The largest absolute Gasteiger partial charge is 0.487 e. The van der Waals surface area contributed by atoms with Gasteiger partial charge < -0.3 is 24.9 Å². The Hall–Kier alpha value is -3.30. The van der Waals surface area contributed by atoms with Crippen LogP contribution >= 0.6 is 0 Å². The van der Waals surface area contributed by atoms with Gasteiger partial charge in [-0.2, -0.15) is 0 Å². The van der Waals surface area contributed by atoms with Gasteiger partial charge in [0.05, 0.1) is 18.3 Å². The summed E-state index contributed by atoms with van der Waals surface area (Å²) in [7, 11) is 0. The van der Waals surface area contributed by atoms with Gasteiger partial charge in [-0.1, -0.05) is 0 Å². The number of aliphatic hydroxyl groups excluding tert-OH is 1. The van der Waals surface area contributed by atoms with Crippen molar-refractivity contribution >= 4 is 5.91 Å². The van der Waals surface area contributed by atoms with Gasteiger partial charge in [0.2, 0.25) is 11.8 Å². The topological polar surface area (TPSA) is 96.6 Å². The SMILES string of the molecule is CC(=O)N[C@@H](Cc1cc(F)cc(F)c1)[C@H](O)CN[C@H]1CC2(CCC2)Oc2ccc(-c3ncco3)cc21. The Kier molecular flexibility index (Phi) is 6.77. The molecule has 5 rings (SSSR count). The molecular weight excluding hydrogens is 468 g/mol. The fourth-order valence-corrected chi connectivity index (χ4v) is 5.16. The Morgan fingerprint density at radius 2 is 2.00 bits per heavy atom. The lowest BCUT2D eigenvalue weighted by Gasteiger charge is -2.48. The molecule has 7 nitrogen and oxygen atoms in total. The minimum absolute atomic E-state index is 0.0831. The average molecular weight is 498 g/mol. The minimum Gasteiger partial charge on any atom is -0.487 e. The molecule has 1 saturated carbocycles. The summed E-state index contributed by atoms with van der Waals surface area (Å²) in [6.45, 7) is 1.50. The zero-order valence-electron chi connectivity index (χ0n) is 20.0. The number of carbonyl (C=O) groups excluding carboxylic acids is 1. The average Bonchev–Trinajstić information content (AvgIpc) is 3.34. The first kappa shape index (κ1) is 24.4. The number of ether oxygens (including phenoxy) is 1. The zero-order chi connectivity index (χ0) is 25.3. The van der Waals surface area contributed by atoms with Crippen molar-refractivity contribution in [2.24, 2.45) is 0 Å². The van der Waals surface area contributed by atoms with E-state index < -0.39 is 23.8 Å². The second-order valence-corrected chi connectivity index (χ2v) is 9.75. The van der Waals surface area contributed by atoms with Gasteiger partial charge in [0.1, 0.15) is 29.2 Å². The van der Waals surface area contributed by atoms with E-state index >= 15 is 0 Å². The third-order valence-corrected chi connectivity index (χ3v) is 7.04. The number of amides is 1. The molecule has 0 unspecified atom stereocenters. The monoisotopic (exact) mass is 497 g/mol. The van der Waals surface area contributed by atoms with Crippen LogP contribution < -0.4 is 15.4 Å². The number of nitrogens with one attached hydrogen (secondary N) is 2. The predicted octanol–water partition coefficient (Wildman–Crippen LogP) is 4.06. The van der Waals surface area contributed by atoms with Crippen LogP contribution in [0, 0.1) is 11.6 Å². The van der Waals surface area contributed by atoms with Crippen LogP contribution in [0.1, 0.15) is 49.8 Å². The van der Waals surface area contributed by atoms with E-state index in [0.29, 0.717) is 11.5 Å². The highest BCUT2D eigenvalue weighted by molar-refractivity contribution is 5.73. The van der Waals surface area contributed by atoms with Crippen LogP contribution in [-0.2, 0) is 11.2 Å². The van der Waals surface area contributed by atoms with Crippen LogP contribution in [0.15, 0.2) is 53.3 Å². The number of rotatable bonds is 8. The Labute approximate surface area is 207 Å². The first-order chi connectivity index (χ1) is 17.3. The van der Waals surface area contributed by atoms with E-state index in [1.165, 1.54) is 25.3 Å². The van der Waals surface area contributed by atoms with Gasteiger partial charge in [-0.15, -0.1) is 0 Å². The molecule has 3 N–H and O–H groups in total. The molecule has 36 heavy (non-hydrogen) atoms. The third-order valence-electron chi connectivity index (χ3n) is 7.04. The first-order valence-corrected chi connectivity index (χ1v) is 12.2. The molecule has 1 amide bonds. The Morgan fingerprint density at radius 3 is 2.64 bits per heavy atom. The molecule has 0 bridgehead atoms.